The number of aliphatic hydroxyl groups excluding tert-OH is 1. The zero-order valence-electron chi connectivity index (χ0n) is 6.62. The Balaban J connectivity index is 2.55. The van der Waals surface area contributed by atoms with Gasteiger partial charge in [-0.3, -0.25) is 4.98 Å². The third-order valence-electron chi connectivity index (χ3n) is 1.95. The Bertz CT molecular complexity index is 381. The van der Waals surface area contributed by atoms with Crippen LogP contribution in [0.5, 0.6) is 0 Å². The molecule has 0 amide bonds. The van der Waals surface area contributed by atoms with Gasteiger partial charge in [-0.15, -0.1) is 0 Å². The van der Waals surface area contributed by atoms with Crippen LogP contribution >= 0.6 is 0 Å². The highest BCUT2D eigenvalue weighted by atomic mass is 16.2. The first kappa shape index (κ1) is 7.31. The van der Waals surface area contributed by atoms with Crippen LogP contribution in [0.25, 0.3) is 10.9 Å². The molecule has 0 saturated heterocycles. The first-order valence-electron chi connectivity index (χ1n) is 3.92. The number of aliphatic hydroxyl groups is 1. The molecule has 2 aromatic rings. The van der Waals surface area contributed by atoms with E-state index in [1.54, 1.807) is 6.20 Å². The molecule has 2 N–H and O–H groups in total. The van der Waals surface area contributed by atoms with E-state index in [-0.39, 0.29) is 6.61 Å². The average molecular weight is 162 g/mol. The van der Waals surface area contributed by atoms with Gasteiger partial charge in [0, 0.05) is 36.1 Å². The number of nitrogens with one attached hydrogen (secondary N) is 1. The minimum atomic E-state index is 0.182. The standard InChI is InChI=1S/C9H10N2O/c12-4-2-7-5-11-9-1-3-10-6-8(7)9/h1,3,5-6,11-12H,2,4H2. The number of aromatic nitrogens is 2. The van der Waals surface area contributed by atoms with Gasteiger partial charge in [0.05, 0.1) is 0 Å². The van der Waals surface area contributed by atoms with Crippen molar-refractivity contribution >= 4 is 10.9 Å². The number of H-pyrrole nitrogens is 1. The summed E-state index contributed by atoms with van der Waals surface area (Å²) >= 11 is 0. The molecule has 0 aromatic carbocycles. The minimum absolute atomic E-state index is 0.182. The Morgan fingerprint density at radius 1 is 1.50 bits per heavy atom. The molecule has 2 aromatic heterocycles. The lowest BCUT2D eigenvalue weighted by atomic mass is 10.2. The molecule has 62 valence electrons. The third kappa shape index (κ3) is 1.08. The fourth-order valence-corrected chi connectivity index (χ4v) is 1.35. The topological polar surface area (TPSA) is 48.9 Å². The van der Waals surface area contributed by atoms with Gasteiger partial charge in [0.1, 0.15) is 0 Å². The fourth-order valence-electron chi connectivity index (χ4n) is 1.35. The quantitative estimate of drug-likeness (QED) is 0.694. The summed E-state index contributed by atoms with van der Waals surface area (Å²) in [4.78, 5) is 7.15. The SMILES string of the molecule is OCCc1c[nH]c2ccncc12. The molecule has 3 nitrogen and oxygen atoms in total. The molecule has 0 aliphatic heterocycles. The predicted octanol–water partition coefficient (Wildman–Crippen LogP) is 1.10. The summed E-state index contributed by atoms with van der Waals surface area (Å²) in [5.74, 6) is 0. The molecule has 0 unspecified atom stereocenters. The first-order chi connectivity index (χ1) is 5.92. The van der Waals surface area contributed by atoms with Crippen molar-refractivity contribution in [1.29, 1.82) is 0 Å². The summed E-state index contributed by atoms with van der Waals surface area (Å²) in [5.41, 5.74) is 2.20. The molecular formula is C9H10N2O. The molecule has 2 heterocycles. The summed E-state index contributed by atoms with van der Waals surface area (Å²) in [6, 6.07) is 1.93. The average Bonchev–Trinajstić information content (AvgIpc) is 2.50. The van der Waals surface area contributed by atoms with Crippen molar-refractivity contribution in [2.45, 2.75) is 6.42 Å². The van der Waals surface area contributed by atoms with Crippen molar-refractivity contribution in [3.05, 3.63) is 30.2 Å². The number of pyridine rings is 1. The largest absolute Gasteiger partial charge is 0.396 e. The highest BCUT2D eigenvalue weighted by Gasteiger charge is 2.00. The molecule has 0 saturated carbocycles. The zero-order valence-corrected chi connectivity index (χ0v) is 6.62. The second kappa shape index (κ2) is 2.95. The van der Waals surface area contributed by atoms with Crippen LogP contribution in [0.4, 0.5) is 0 Å². The number of nitrogens with zero attached hydrogens (tertiary/aromatic N) is 1. The third-order valence-corrected chi connectivity index (χ3v) is 1.95. The number of hydrogen-bond donors (Lipinski definition) is 2. The summed E-state index contributed by atoms with van der Waals surface area (Å²) in [6.07, 6.45) is 6.17. The van der Waals surface area contributed by atoms with E-state index in [1.165, 1.54) is 0 Å². The van der Waals surface area contributed by atoms with Gasteiger partial charge in [-0.1, -0.05) is 0 Å². The van der Waals surface area contributed by atoms with Crippen LogP contribution in [0, 0.1) is 0 Å². The zero-order chi connectivity index (χ0) is 8.39. The van der Waals surface area contributed by atoms with E-state index in [0.717, 1.165) is 16.5 Å². The van der Waals surface area contributed by atoms with Crippen molar-refractivity contribution < 1.29 is 5.11 Å². The van der Waals surface area contributed by atoms with Gasteiger partial charge < -0.3 is 10.1 Å². The van der Waals surface area contributed by atoms with Crippen molar-refractivity contribution in [1.82, 2.24) is 9.97 Å². The second-order valence-corrected chi connectivity index (χ2v) is 2.71. The van der Waals surface area contributed by atoms with Gasteiger partial charge in [-0.25, -0.2) is 0 Å². The molecule has 0 aliphatic rings. The Kier molecular flexibility index (Phi) is 1.80. The Morgan fingerprint density at radius 3 is 3.25 bits per heavy atom. The summed E-state index contributed by atoms with van der Waals surface area (Å²) in [6.45, 7) is 0.182. The maximum atomic E-state index is 8.76. The molecule has 3 heteroatoms. The van der Waals surface area contributed by atoms with Gasteiger partial charge in [-0.2, -0.15) is 0 Å². The van der Waals surface area contributed by atoms with E-state index in [4.69, 9.17) is 5.11 Å². The molecule has 0 bridgehead atoms. The van der Waals surface area contributed by atoms with Gasteiger partial charge in [0.15, 0.2) is 0 Å². The van der Waals surface area contributed by atoms with Crippen molar-refractivity contribution in [2.24, 2.45) is 0 Å². The van der Waals surface area contributed by atoms with E-state index in [2.05, 4.69) is 9.97 Å². The summed E-state index contributed by atoms with van der Waals surface area (Å²) in [5, 5.41) is 9.87. The van der Waals surface area contributed by atoms with Crippen LogP contribution in [0.15, 0.2) is 24.7 Å². The Morgan fingerprint density at radius 2 is 2.42 bits per heavy atom. The van der Waals surface area contributed by atoms with Crippen LogP contribution in [0.2, 0.25) is 0 Å². The highest BCUT2D eigenvalue weighted by molar-refractivity contribution is 5.81. The lowest BCUT2D eigenvalue weighted by Crippen LogP contribution is -1.88. The van der Waals surface area contributed by atoms with Crippen LogP contribution < -0.4 is 0 Å². The van der Waals surface area contributed by atoms with Gasteiger partial charge >= 0.3 is 0 Å². The number of aromatic amines is 1. The van der Waals surface area contributed by atoms with Crippen LogP contribution in [0.3, 0.4) is 0 Å². The molecule has 0 radical (unpaired) electrons. The fraction of sp³-hybridized carbons (Fsp3) is 0.222. The molecule has 2 rings (SSSR count). The minimum Gasteiger partial charge on any atom is -0.396 e. The predicted molar refractivity (Wildman–Crippen MR) is 46.9 cm³/mol. The first-order valence-corrected chi connectivity index (χ1v) is 3.92. The molecule has 0 fully saturated rings. The molecule has 0 atom stereocenters. The monoisotopic (exact) mass is 162 g/mol. The smallest absolute Gasteiger partial charge is 0.0487 e. The van der Waals surface area contributed by atoms with Crippen LogP contribution in [-0.2, 0) is 6.42 Å². The number of hydrogen-bond acceptors (Lipinski definition) is 2. The normalized spacial score (nSPS) is 10.8. The van der Waals surface area contributed by atoms with Crippen LogP contribution in [-0.4, -0.2) is 21.7 Å². The maximum absolute atomic E-state index is 8.76. The molecule has 0 spiro atoms. The van der Waals surface area contributed by atoms with E-state index in [1.807, 2.05) is 18.5 Å². The van der Waals surface area contributed by atoms with Gasteiger partial charge in [0.25, 0.3) is 0 Å². The Hall–Kier alpha value is -1.35. The molecule has 0 aliphatic carbocycles. The molecular weight excluding hydrogens is 152 g/mol. The lowest BCUT2D eigenvalue weighted by Gasteiger charge is -1.92. The van der Waals surface area contributed by atoms with E-state index >= 15 is 0 Å². The van der Waals surface area contributed by atoms with E-state index in [9.17, 15) is 0 Å². The van der Waals surface area contributed by atoms with Gasteiger partial charge in [-0.05, 0) is 18.1 Å². The highest BCUT2D eigenvalue weighted by Crippen LogP contribution is 2.16. The lowest BCUT2D eigenvalue weighted by molar-refractivity contribution is 0.300. The number of rotatable bonds is 2. The summed E-state index contributed by atoms with van der Waals surface area (Å²) < 4.78 is 0. The van der Waals surface area contributed by atoms with Crippen molar-refractivity contribution in [3.8, 4) is 0 Å². The van der Waals surface area contributed by atoms with Gasteiger partial charge in [0.2, 0.25) is 0 Å². The second-order valence-electron chi connectivity index (χ2n) is 2.71. The maximum Gasteiger partial charge on any atom is 0.0487 e. The summed E-state index contributed by atoms with van der Waals surface area (Å²) in [7, 11) is 0. The van der Waals surface area contributed by atoms with Crippen molar-refractivity contribution in [3.63, 3.8) is 0 Å². The number of fused-ring (bicyclic) bond motifs is 1. The van der Waals surface area contributed by atoms with Crippen LogP contribution in [0.1, 0.15) is 5.56 Å². The van der Waals surface area contributed by atoms with Crippen molar-refractivity contribution in [2.75, 3.05) is 6.61 Å². The molecule has 12 heavy (non-hydrogen) atoms. The Labute approximate surface area is 70.1 Å². The van der Waals surface area contributed by atoms with E-state index in [0.29, 0.717) is 6.42 Å². The van der Waals surface area contributed by atoms with E-state index < -0.39 is 0 Å².